The van der Waals surface area contributed by atoms with Crippen LogP contribution in [0.1, 0.15) is 31.9 Å². The Hall–Kier alpha value is -1.13. The van der Waals surface area contributed by atoms with Crippen LogP contribution >= 0.6 is 0 Å². The SMILES string of the molecule is CNC(c1cc(F)ccc1OC)C(C)(C)CCN. The summed E-state index contributed by atoms with van der Waals surface area (Å²) in [7, 11) is 3.46. The Morgan fingerprint density at radius 1 is 1.44 bits per heavy atom. The van der Waals surface area contributed by atoms with Gasteiger partial charge in [0.25, 0.3) is 0 Å². The summed E-state index contributed by atoms with van der Waals surface area (Å²) in [5.74, 6) is 0.440. The minimum absolute atomic E-state index is 0.00769. The molecule has 0 fully saturated rings. The van der Waals surface area contributed by atoms with Gasteiger partial charge in [0.2, 0.25) is 0 Å². The molecule has 0 aliphatic carbocycles. The Bertz CT molecular complexity index is 393. The van der Waals surface area contributed by atoms with Crippen molar-refractivity contribution in [2.45, 2.75) is 26.3 Å². The summed E-state index contributed by atoms with van der Waals surface area (Å²) in [5.41, 5.74) is 6.41. The molecule has 18 heavy (non-hydrogen) atoms. The fraction of sp³-hybridized carbons (Fsp3) is 0.571. The zero-order chi connectivity index (χ0) is 13.8. The Morgan fingerprint density at radius 2 is 2.11 bits per heavy atom. The second-order valence-corrected chi connectivity index (χ2v) is 5.14. The standard InChI is InChI=1S/C14H23FN2O/c1-14(2,7-8-16)13(17-3)11-9-10(15)5-6-12(11)18-4/h5-6,9,13,17H,7-8,16H2,1-4H3. The number of ether oxygens (including phenoxy) is 1. The third kappa shape index (κ3) is 3.21. The topological polar surface area (TPSA) is 47.3 Å². The molecular weight excluding hydrogens is 231 g/mol. The largest absolute Gasteiger partial charge is 0.496 e. The molecule has 0 spiro atoms. The van der Waals surface area contributed by atoms with Crippen molar-refractivity contribution >= 4 is 0 Å². The van der Waals surface area contributed by atoms with E-state index in [2.05, 4.69) is 19.2 Å². The zero-order valence-corrected chi connectivity index (χ0v) is 11.6. The number of nitrogens with one attached hydrogen (secondary N) is 1. The van der Waals surface area contributed by atoms with Crippen LogP contribution in [0.5, 0.6) is 5.75 Å². The molecule has 0 heterocycles. The van der Waals surface area contributed by atoms with Gasteiger partial charge in [-0.25, -0.2) is 4.39 Å². The first-order chi connectivity index (χ1) is 8.46. The molecule has 4 heteroatoms. The molecule has 0 aromatic heterocycles. The summed E-state index contributed by atoms with van der Waals surface area (Å²) in [6, 6.07) is 4.59. The number of hydrogen-bond acceptors (Lipinski definition) is 3. The molecule has 1 aromatic carbocycles. The smallest absolute Gasteiger partial charge is 0.123 e. The predicted octanol–water partition coefficient (Wildman–Crippen LogP) is 2.47. The van der Waals surface area contributed by atoms with Crippen molar-refractivity contribution in [2.75, 3.05) is 20.7 Å². The number of rotatable bonds is 6. The van der Waals surface area contributed by atoms with Crippen LogP contribution in [0.2, 0.25) is 0 Å². The van der Waals surface area contributed by atoms with Crippen molar-refractivity contribution in [3.8, 4) is 5.75 Å². The highest BCUT2D eigenvalue weighted by atomic mass is 19.1. The van der Waals surface area contributed by atoms with E-state index in [0.717, 1.165) is 12.0 Å². The molecule has 0 radical (unpaired) electrons. The van der Waals surface area contributed by atoms with E-state index in [1.165, 1.54) is 12.1 Å². The number of methoxy groups -OCH3 is 1. The van der Waals surface area contributed by atoms with Gasteiger partial charge in [0.15, 0.2) is 0 Å². The van der Waals surface area contributed by atoms with Gasteiger partial charge in [0, 0.05) is 11.6 Å². The van der Waals surface area contributed by atoms with Crippen LogP contribution in [-0.4, -0.2) is 20.7 Å². The molecule has 0 saturated carbocycles. The molecule has 0 aliphatic rings. The van der Waals surface area contributed by atoms with Crippen LogP contribution in [0.4, 0.5) is 4.39 Å². The minimum atomic E-state index is -0.255. The van der Waals surface area contributed by atoms with Gasteiger partial charge < -0.3 is 15.8 Å². The van der Waals surface area contributed by atoms with Gasteiger partial charge in [0.05, 0.1) is 7.11 Å². The highest BCUT2D eigenvalue weighted by Gasteiger charge is 2.31. The number of nitrogens with two attached hydrogens (primary N) is 1. The van der Waals surface area contributed by atoms with E-state index in [9.17, 15) is 4.39 Å². The van der Waals surface area contributed by atoms with Crippen LogP contribution in [0.15, 0.2) is 18.2 Å². The van der Waals surface area contributed by atoms with Crippen molar-refractivity contribution in [2.24, 2.45) is 11.1 Å². The van der Waals surface area contributed by atoms with E-state index in [4.69, 9.17) is 10.5 Å². The second kappa shape index (κ2) is 6.16. The number of halogens is 1. The van der Waals surface area contributed by atoms with Gasteiger partial charge in [-0.05, 0) is 43.6 Å². The van der Waals surface area contributed by atoms with Gasteiger partial charge in [-0.3, -0.25) is 0 Å². The molecule has 0 bridgehead atoms. The van der Waals surface area contributed by atoms with E-state index in [1.807, 2.05) is 7.05 Å². The summed E-state index contributed by atoms with van der Waals surface area (Å²) in [4.78, 5) is 0. The van der Waals surface area contributed by atoms with Crippen molar-refractivity contribution in [1.82, 2.24) is 5.32 Å². The van der Waals surface area contributed by atoms with E-state index < -0.39 is 0 Å². The van der Waals surface area contributed by atoms with Gasteiger partial charge in [-0.15, -0.1) is 0 Å². The lowest BCUT2D eigenvalue weighted by Gasteiger charge is -2.35. The highest BCUT2D eigenvalue weighted by molar-refractivity contribution is 5.37. The normalized spacial score (nSPS) is 13.4. The predicted molar refractivity (Wildman–Crippen MR) is 72.2 cm³/mol. The maximum absolute atomic E-state index is 13.4. The quantitative estimate of drug-likeness (QED) is 0.820. The Kier molecular flexibility index (Phi) is 5.11. The molecule has 0 aliphatic heterocycles. The molecule has 0 amide bonds. The minimum Gasteiger partial charge on any atom is -0.496 e. The van der Waals surface area contributed by atoms with Gasteiger partial charge >= 0.3 is 0 Å². The Balaban J connectivity index is 3.19. The van der Waals surface area contributed by atoms with Crippen LogP contribution in [0, 0.1) is 11.2 Å². The Labute approximate surface area is 109 Å². The fourth-order valence-corrected chi connectivity index (χ4v) is 2.41. The van der Waals surface area contributed by atoms with Crippen LogP contribution in [0.25, 0.3) is 0 Å². The van der Waals surface area contributed by atoms with Gasteiger partial charge in [-0.1, -0.05) is 13.8 Å². The van der Waals surface area contributed by atoms with E-state index in [-0.39, 0.29) is 17.3 Å². The van der Waals surface area contributed by atoms with Crippen molar-refractivity contribution in [3.05, 3.63) is 29.6 Å². The fourth-order valence-electron chi connectivity index (χ4n) is 2.41. The van der Waals surface area contributed by atoms with Gasteiger partial charge in [-0.2, -0.15) is 0 Å². The summed E-state index contributed by atoms with van der Waals surface area (Å²) < 4.78 is 18.8. The summed E-state index contributed by atoms with van der Waals surface area (Å²) in [6.07, 6.45) is 0.845. The number of hydrogen-bond donors (Lipinski definition) is 2. The molecule has 0 saturated heterocycles. The highest BCUT2D eigenvalue weighted by Crippen LogP contribution is 2.39. The van der Waals surface area contributed by atoms with Crippen molar-refractivity contribution in [3.63, 3.8) is 0 Å². The molecule has 3 nitrogen and oxygen atoms in total. The third-order valence-electron chi connectivity index (χ3n) is 3.36. The monoisotopic (exact) mass is 254 g/mol. The molecule has 1 rings (SSSR count). The maximum atomic E-state index is 13.4. The molecule has 102 valence electrons. The van der Waals surface area contributed by atoms with E-state index >= 15 is 0 Å². The van der Waals surface area contributed by atoms with Crippen LogP contribution in [0.3, 0.4) is 0 Å². The van der Waals surface area contributed by atoms with Crippen molar-refractivity contribution in [1.29, 1.82) is 0 Å². The lowest BCUT2D eigenvalue weighted by atomic mass is 9.77. The van der Waals surface area contributed by atoms with Crippen LogP contribution < -0.4 is 15.8 Å². The maximum Gasteiger partial charge on any atom is 0.123 e. The average molecular weight is 254 g/mol. The lowest BCUT2D eigenvalue weighted by molar-refractivity contribution is 0.233. The first-order valence-corrected chi connectivity index (χ1v) is 6.17. The van der Waals surface area contributed by atoms with Crippen molar-refractivity contribution < 1.29 is 9.13 Å². The first kappa shape index (κ1) is 14.9. The number of benzene rings is 1. The molecule has 1 atom stereocenters. The van der Waals surface area contributed by atoms with Gasteiger partial charge in [0.1, 0.15) is 11.6 Å². The lowest BCUT2D eigenvalue weighted by Crippen LogP contribution is -2.34. The average Bonchev–Trinajstić information content (AvgIpc) is 2.29. The van der Waals surface area contributed by atoms with E-state index in [1.54, 1.807) is 13.2 Å². The summed E-state index contributed by atoms with van der Waals surface area (Å²) >= 11 is 0. The zero-order valence-electron chi connectivity index (χ0n) is 11.6. The molecular formula is C14H23FN2O. The van der Waals surface area contributed by atoms with Crippen LogP contribution in [-0.2, 0) is 0 Å². The molecule has 1 unspecified atom stereocenters. The Morgan fingerprint density at radius 3 is 2.61 bits per heavy atom. The second-order valence-electron chi connectivity index (χ2n) is 5.14. The molecule has 3 N–H and O–H groups in total. The first-order valence-electron chi connectivity index (χ1n) is 6.17. The summed E-state index contributed by atoms with van der Waals surface area (Å²) in [5, 5.41) is 3.24. The third-order valence-corrected chi connectivity index (χ3v) is 3.36. The van der Waals surface area contributed by atoms with E-state index in [0.29, 0.717) is 12.3 Å². The molecule has 1 aromatic rings. The summed E-state index contributed by atoms with van der Waals surface area (Å²) in [6.45, 7) is 4.83.